The van der Waals surface area contributed by atoms with Gasteiger partial charge in [-0.05, 0) is 48.6 Å². The Labute approximate surface area is 192 Å². The van der Waals surface area contributed by atoms with Gasteiger partial charge in [-0.25, -0.2) is 9.40 Å². The number of allylic oxidation sites excluding steroid dienone is 2. The first kappa shape index (κ1) is 21.6. The summed E-state index contributed by atoms with van der Waals surface area (Å²) in [5, 5.41) is 12.9. The van der Waals surface area contributed by atoms with Crippen LogP contribution < -0.4 is 0 Å². The van der Waals surface area contributed by atoms with Crippen LogP contribution in [0.1, 0.15) is 27.1 Å². The van der Waals surface area contributed by atoms with Crippen molar-refractivity contribution in [1.29, 1.82) is 0 Å². The van der Waals surface area contributed by atoms with E-state index in [-0.39, 0.29) is 23.0 Å². The largest absolute Gasteiger partial charge is 0.292 e. The maximum absolute atomic E-state index is 13.5. The lowest BCUT2D eigenvalue weighted by Crippen LogP contribution is -2.52. The third kappa shape index (κ3) is 3.30. The van der Waals surface area contributed by atoms with Gasteiger partial charge in [0.25, 0.3) is 23.4 Å². The quantitative estimate of drug-likeness (QED) is 0.214. The van der Waals surface area contributed by atoms with Crippen LogP contribution in [0.5, 0.6) is 0 Å². The summed E-state index contributed by atoms with van der Waals surface area (Å²) in [6.45, 7) is -0.726. The van der Waals surface area contributed by atoms with E-state index in [4.69, 9.17) is 0 Å². The van der Waals surface area contributed by atoms with Crippen molar-refractivity contribution < 1.29 is 28.5 Å². The molecule has 3 amide bonds. The van der Waals surface area contributed by atoms with Crippen LogP contribution in [-0.2, 0) is 9.59 Å². The lowest BCUT2D eigenvalue weighted by Gasteiger charge is -2.30. The Bertz CT molecular complexity index is 1240. The molecule has 34 heavy (non-hydrogen) atoms. The minimum atomic E-state index is -1.02. The minimum absolute atomic E-state index is 0.0581. The van der Waals surface area contributed by atoms with E-state index in [0.29, 0.717) is 16.4 Å². The van der Waals surface area contributed by atoms with Crippen molar-refractivity contribution in [1.82, 2.24) is 10.0 Å². The van der Waals surface area contributed by atoms with Crippen molar-refractivity contribution in [3.8, 4) is 0 Å². The van der Waals surface area contributed by atoms with Crippen molar-refractivity contribution in [2.45, 2.75) is 6.42 Å². The maximum atomic E-state index is 13.5. The van der Waals surface area contributed by atoms with Crippen LogP contribution in [0.25, 0.3) is 0 Å². The molecule has 4 atom stereocenters. The number of amides is 3. The van der Waals surface area contributed by atoms with Crippen LogP contribution in [0.2, 0.25) is 0 Å². The van der Waals surface area contributed by atoms with Gasteiger partial charge in [-0.3, -0.25) is 29.3 Å². The van der Waals surface area contributed by atoms with E-state index in [9.17, 15) is 33.7 Å². The maximum Gasteiger partial charge on any atom is 0.282 e. The number of nitro groups is 1. The zero-order valence-electron chi connectivity index (χ0n) is 17.7. The number of ketones is 1. The number of carbonyl (C=O) groups excluding carboxylic acids is 4. The molecule has 2 aliphatic carbocycles. The number of nitrogens with zero attached hydrogens (tertiary/aromatic N) is 3. The fraction of sp³-hybridized carbons (Fsp3) is 0.250. The zero-order valence-corrected chi connectivity index (χ0v) is 17.7. The Kier molecular flexibility index (Phi) is 5.07. The summed E-state index contributed by atoms with van der Waals surface area (Å²) < 4.78 is 13.3. The van der Waals surface area contributed by atoms with E-state index in [1.807, 2.05) is 12.2 Å². The van der Waals surface area contributed by atoms with E-state index in [1.54, 1.807) is 0 Å². The summed E-state index contributed by atoms with van der Waals surface area (Å²) in [6, 6.07) is 9.69. The van der Waals surface area contributed by atoms with Gasteiger partial charge in [0, 0.05) is 11.6 Å². The summed E-state index contributed by atoms with van der Waals surface area (Å²) >= 11 is 0. The molecule has 1 saturated carbocycles. The highest BCUT2D eigenvalue weighted by atomic mass is 19.1. The third-order valence-electron chi connectivity index (χ3n) is 6.71. The van der Waals surface area contributed by atoms with E-state index < -0.39 is 58.3 Å². The van der Waals surface area contributed by atoms with Crippen LogP contribution in [0.15, 0.2) is 60.7 Å². The molecule has 1 saturated heterocycles. The van der Waals surface area contributed by atoms with Crippen LogP contribution in [0, 0.1) is 39.6 Å². The molecule has 3 aliphatic rings. The van der Waals surface area contributed by atoms with Crippen LogP contribution in [0.3, 0.4) is 0 Å². The van der Waals surface area contributed by atoms with Gasteiger partial charge in [0.15, 0.2) is 5.78 Å². The molecule has 10 heteroatoms. The number of halogens is 1. The van der Waals surface area contributed by atoms with Gasteiger partial charge in [0.05, 0.1) is 16.8 Å². The fourth-order valence-electron chi connectivity index (χ4n) is 5.17. The van der Waals surface area contributed by atoms with Crippen molar-refractivity contribution in [2.75, 3.05) is 6.54 Å². The standard InChI is InChI=1S/C24H18FN3O6/c25-16-9-7-13(8-10-16)19(29)12-26(22(30)17-3-1-2-4-18(17)28(33)34)27-23(31)20-14-5-6-15(11-14)21(20)24(27)32/h1-10,14-15,20-21H,11-12H2/t14-,15-,20-,21+/m0/s1. The SMILES string of the molecule is O=C(CN(C(=O)c1ccccc1[N+](=O)[O-])N1C(=O)[C@@H]2[C@H](C1=O)[C@H]1C=C[C@H]2C1)c1ccc(F)cc1. The third-order valence-corrected chi connectivity index (χ3v) is 6.71. The number of rotatable bonds is 6. The molecule has 9 nitrogen and oxygen atoms in total. The molecule has 5 rings (SSSR count). The van der Waals surface area contributed by atoms with Crippen molar-refractivity contribution in [3.05, 3.63) is 87.7 Å². The average molecular weight is 463 g/mol. The number of Topliss-reactive ketones (excluding diaryl/α,β-unsaturated/α-hetero) is 1. The number of imide groups is 1. The van der Waals surface area contributed by atoms with E-state index >= 15 is 0 Å². The number of carbonyl (C=O) groups is 4. The predicted octanol–water partition coefficient (Wildman–Crippen LogP) is 2.78. The fourth-order valence-corrected chi connectivity index (χ4v) is 5.17. The Morgan fingerprint density at radius 3 is 2.18 bits per heavy atom. The average Bonchev–Trinajstić information content (AvgIpc) is 3.51. The second-order valence-corrected chi connectivity index (χ2v) is 8.56. The summed E-state index contributed by atoms with van der Waals surface area (Å²) in [5.74, 6) is -5.00. The molecule has 172 valence electrons. The van der Waals surface area contributed by atoms with Gasteiger partial charge in [0.1, 0.15) is 17.9 Å². The number of para-hydroxylation sites is 1. The van der Waals surface area contributed by atoms with E-state index in [2.05, 4.69) is 0 Å². The minimum Gasteiger partial charge on any atom is -0.292 e. The monoisotopic (exact) mass is 463 g/mol. The van der Waals surface area contributed by atoms with Crippen LogP contribution in [0.4, 0.5) is 10.1 Å². The topological polar surface area (TPSA) is 118 Å². The molecule has 2 aromatic carbocycles. The van der Waals surface area contributed by atoms with Crippen LogP contribution in [-0.4, -0.2) is 45.0 Å². The molecule has 0 N–H and O–H groups in total. The Balaban J connectivity index is 1.54. The van der Waals surface area contributed by atoms with Crippen molar-refractivity contribution in [2.24, 2.45) is 23.7 Å². The molecule has 0 radical (unpaired) electrons. The van der Waals surface area contributed by atoms with Gasteiger partial charge >= 0.3 is 0 Å². The van der Waals surface area contributed by atoms with Gasteiger partial charge in [-0.2, -0.15) is 5.01 Å². The highest BCUT2D eigenvalue weighted by Crippen LogP contribution is 2.52. The number of benzene rings is 2. The van der Waals surface area contributed by atoms with Gasteiger partial charge < -0.3 is 0 Å². The van der Waals surface area contributed by atoms with E-state index in [1.165, 1.54) is 30.3 Å². The summed E-state index contributed by atoms with van der Waals surface area (Å²) in [6.07, 6.45) is 4.45. The summed E-state index contributed by atoms with van der Waals surface area (Å²) in [5.41, 5.74) is -0.825. The molecule has 0 aromatic heterocycles. The molecule has 0 unspecified atom stereocenters. The normalized spacial score (nSPS) is 24.4. The van der Waals surface area contributed by atoms with Gasteiger partial charge in [0.2, 0.25) is 0 Å². The Morgan fingerprint density at radius 2 is 1.59 bits per heavy atom. The number of hydrogen-bond donors (Lipinski definition) is 0. The number of hydrogen-bond acceptors (Lipinski definition) is 6. The summed E-state index contributed by atoms with van der Waals surface area (Å²) in [4.78, 5) is 63.9. The molecule has 2 bridgehead atoms. The molecule has 1 aliphatic heterocycles. The molecular formula is C24H18FN3O6. The second-order valence-electron chi connectivity index (χ2n) is 8.56. The smallest absolute Gasteiger partial charge is 0.282 e. The first-order valence-electron chi connectivity index (χ1n) is 10.7. The lowest BCUT2D eigenvalue weighted by atomic mass is 9.85. The Morgan fingerprint density at radius 1 is 1.00 bits per heavy atom. The molecule has 2 fully saturated rings. The summed E-state index contributed by atoms with van der Waals surface area (Å²) in [7, 11) is 0. The van der Waals surface area contributed by atoms with Crippen molar-refractivity contribution >= 4 is 29.2 Å². The highest BCUT2D eigenvalue weighted by Gasteiger charge is 2.61. The first-order valence-corrected chi connectivity index (χ1v) is 10.7. The van der Waals surface area contributed by atoms with Crippen LogP contribution >= 0.6 is 0 Å². The number of nitro benzene ring substituents is 1. The van der Waals surface area contributed by atoms with E-state index in [0.717, 1.165) is 18.2 Å². The number of hydrazine groups is 1. The predicted molar refractivity (Wildman–Crippen MR) is 114 cm³/mol. The number of fused-ring (bicyclic) bond motifs is 5. The zero-order chi connectivity index (χ0) is 24.1. The Hall–Kier alpha value is -4.21. The molecule has 0 spiro atoms. The highest BCUT2D eigenvalue weighted by molar-refractivity contribution is 6.11. The molecule has 1 heterocycles. The van der Waals surface area contributed by atoms with Crippen molar-refractivity contribution in [3.63, 3.8) is 0 Å². The lowest BCUT2D eigenvalue weighted by molar-refractivity contribution is -0.385. The first-order chi connectivity index (χ1) is 16.3. The van der Waals surface area contributed by atoms with Gasteiger partial charge in [-0.15, -0.1) is 0 Å². The van der Waals surface area contributed by atoms with Gasteiger partial charge in [-0.1, -0.05) is 24.3 Å². The second kappa shape index (κ2) is 7.98. The molecule has 2 aromatic rings. The molecular weight excluding hydrogens is 445 g/mol.